The van der Waals surface area contributed by atoms with Crippen LogP contribution in [0.1, 0.15) is 30.1 Å². The lowest BCUT2D eigenvalue weighted by Gasteiger charge is -2.33. The highest BCUT2D eigenvalue weighted by Gasteiger charge is 2.25. The first-order valence-corrected chi connectivity index (χ1v) is 8.75. The van der Waals surface area contributed by atoms with E-state index in [1.807, 2.05) is 42.6 Å². The first kappa shape index (κ1) is 17.6. The highest BCUT2D eigenvalue weighted by atomic mass is 16.5. The summed E-state index contributed by atoms with van der Waals surface area (Å²) in [5, 5.41) is 3.15. The minimum Gasteiger partial charge on any atom is -0.367 e. The fourth-order valence-electron chi connectivity index (χ4n) is 3.28. The first-order valence-electron chi connectivity index (χ1n) is 8.75. The number of piperidine rings is 1. The fraction of sp³-hybridized carbons (Fsp3) is 0.400. The molecule has 1 fully saturated rings. The summed E-state index contributed by atoms with van der Waals surface area (Å²) in [7, 11) is 1.58. The summed E-state index contributed by atoms with van der Waals surface area (Å²) in [4.78, 5) is 19.1. The van der Waals surface area contributed by atoms with Crippen molar-refractivity contribution < 1.29 is 9.53 Å². The van der Waals surface area contributed by atoms with Gasteiger partial charge in [-0.1, -0.05) is 36.4 Å². The molecule has 5 nitrogen and oxygen atoms in total. The molecule has 5 heteroatoms. The zero-order valence-corrected chi connectivity index (χ0v) is 14.6. The molecule has 0 radical (unpaired) electrons. The van der Waals surface area contributed by atoms with Crippen LogP contribution in [0.25, 0.3) is 0 Å². The molecule has 1 amide bonds. The van der Waals surface area contributed by atoms with E-state index in [2.05, 4.69) is 21.3 Å². The summed E-state index contributed by atoms with van der Waals surface area (Å²) in [6.45, 7) is 2.87. The monoisotopic (exact) mass is 339 g/mol. The summed E-state index contributed by atoms with van der Waals surface area (Å²) < 4.78 is 5.41. The predicted octanol–water partition coefficient (Wildman–Crippen LogP) is 2.55. The van der Waals surface area contributed by atoms with Crippen LogP contribution in [-0.2, 0) is 16.1 Å². The lowest BCUT2D eigenvalue weighted by Crippen LogP contribution is -2.45. The van der Waals surface area contributed by atoms with Gasteiger partial charge in [0.1, 0.15) is 0 Å². The zero-order chi connectivity index (χ0) is 17.5. The average Bonchev–Trinajstić information content (AvgIpc) is 2.66. The first-order chi connectivity index (χ1) is 12.3. The van der Waals surface area contributed by atoms with Crippen molar-refractivity contribution in [2.24, 2.45) is 0 Å². The molecule has 132 valence electrons. The second-order valence-corrected chi connectivity index (χ2v) is 6.45. The number of methoxy groups -OCH3 is 1. The molecule has 1 unspecified atom stereocenters. The predicted molar refractivity (Wildman–Crippen MR) is 96.9 cm³/mol. The molecule has 2 aromatic rings. The van der Waals surface area contributed by atoms with Crippen LogP contribution in [0.4, 0.5) is 0 Å². The standard InChI is InChI=1S/C20H25N3O2/c1-25-19(17-7-3-2-4-8-17)20(24)22-18-9-12-23(13-10-18)15-16-6-5-11-21-14-16/h2-8,11,14,18-19H,9-10,12-13,15H2,1H3,(H,22,24). The van der Waals surface area contributed by atoms with Gasteiger partial charge in [0.15, 0.2) is 6.10 Å². The molecule has 0 aliphatic carbocycles. The van der Waals surface area contributed by atoms with Gasteiger partial charge in [-0.15, -0.1) is 0 Å². The van der Waals surface area contributed by atoms with Crippen molar-refractivity contribution in [3.8, 4) is 0 Å². The van der Waals surface area contributed by atoms with E-state index in [0.717, 1.165) is 38.0 Å². The van der Waals surface area contributed by atoms with Crippen molar-refractivity contribution in [2.75, 3.05) is 20.2 Å². The molecule has 1 aliphatic heterocycles. The number of amides is 1. The van der Waals surface area contributed by atoms with Crippen LogP contribution in [0.2, 0.25) is 0 Å². The Hall–Kier alpha value is -2.24. The number of hydrogen-bond donors (Lipinski definition) is 1. The lowest BCUT2D eigenvalue weighted by molar-refractivity contribution is -0.132. The quantitative estimate of drug-likeness (QED) is 0.879. The fourth-order valence-corrected chi connectivity index (χ4v) is 3.28. The van der Waals surface area contributed by atoms with Crippen molar-refractivity contribution in [3.63, 3.8) is 0 Å². The van der Waals surface area contributed by atoms with E-state index in [9.17, 15) is 4.79 Å². The molecule has 0 bridgehead atoms. The molecular weight excluding hydrogens is 314 g/mol. The molecule has 1 aliphatic rings. The zero-order valence-electron chi connectivity index (χ0n) is 14.6. The summed E-state index contributed by atoms with van der Waals surface area (Å²) >= 11 is 0. The minimum absolute atomic E-state index is 0.0561. The summed E-state index contributed by atoms with van der Waals surface area (Å²) in [5.41, 5.74) is 2.12. The number of ether oxygens (including phenoxy) is 1. The number of benzene rings is 1. The van der Waals surface area contributed by atoms with Gasteiger partial charge in [-0.3, -0.25) is 14.7 Å². The summed E-state index contributed by atoms with van der Waals surface area (Å²) in [5.74, 6) is -0.0561. The third-order valence-electron chi connectivity index (χ3n) is 4.64. The van der Waals surface area contributed by atoms with E-state index in [1.165, 1.54) is 5.56 Å². The molecule has 2 heterocycles. The molecule has 1 N–H and O–H groups in total. The number of nitrogens with zero attached hydrogens (tertiary/aromatic N) is 2. The van der Waals surface area contributed by atoms with E-state index >= 15 is 0 Å². The number of hydrogen-bond acceptors (Lipinski definition) is 4. The Morgan fingerprint density at radius 2 is 2.00 bits per heavy atom. The van der Waals surface area contributed by atoms with Crippen molar-refractivity contribution in [2.45, 2.75) is 31.5 Å². The van der Waals surface area contributed by atoms with Crippen molar-refractivity contribution in [3.05, 3.63) is 66.0 Å². The normalized spacial score (nSPS) is 17.2. The topological polar surface area (TPSA) is 54.5 Å². The van der Waals surface area contributed by atoms with Crippen LogP contribution in [-0.4, -0.2) is 42.0 Å². The van der Waals surface area contributed by atoms with Gasteiger partial charge in [-0.25, -0.2) is 0 Å². The number of aromatic nitrogens is 1. The van der Waals surface area contributed by atoms with Gasteiger partial charge in [0.25, 0.3) is 5.91 Å². The number of nitrogens with one attached hydrogen (secondary N) is 1. The van der Waals surface area contributed by atoms with Gasteiger partial charge in [0, 0.05) is 45.2 Å². The van der Waals surface area contributed by atoms with Gasteiger partial charge in [-0.2, -0.15) is 0 Å². The molecule has 0 spiro atoms. The Labute approximate surface area is 149 Å². The number of pyridine rings is 1. The number of likely N-dealkylation sites (tertiary alicyclic amines) is 1. The van der Waals surface area contributed by atoms with E-state index in [4.69, 9.17) is 4.74 Å². The largest absolute Gasteiger partial charge is 0.367 e. The highest BCUT2D eigenvalue weighted by Crippen LogP contribution is 2.19. The maximum atomic E-state index is 12.6. The molecule has 1 atom stereocenters. The Morgan fingerprint density at radius 1 is 1.24 bits per heavy atom. The van der Waals surface area contributed by atoms with Gasteiger partial charge in [-0.05, 0) is 30.0 Å². The third-order valence-corrected chi connectivity index (χ3v) is 4.64. The van der Waals surface area contributed by atoms with Crippen LogP contribution in [0.15, 0.2) is 54.9 Å². The highest BCUT2D eigenvalue weighted by molar-refractivity contribution is 5.82. The van der Waals surface area contributed by atoms with Gasteiger partial charge >= 0.3 is 0 Å². The smallest absolute Gasteiger partial charge is 0.253 e. The van der Waals surface area contributed by atoms with Crippen molar-refractivity contribution >= 4 is 5.91 Å². The van der Waals surface area contributed by atoms with E-state index in [0.29, 0.717) is 0 Å². The third kappa shape index (κ3) is 4.87. The SMILES string of the molecule is COC(C(=O)NC1CCN(Cc2cccnc2)CC1)c1ccccc1. The van der Waals surface area contributed by atoms with E-state index in [1.54, 1.807) is 13.3 Å². The van der Waals surface area contributed by atoms with E-state index in [-0.39, 0.29) is 11.9 Å². The molecule has 1 saturated heterocycles. The molecule has 1 aromatic carbocycles. The van der Waals surface area contributed by atoms with Crippen LogP contribution in [0.5, 0.6) is 0 Å². The molecule has 25 heavy (non-hydrogen) atoms. The number of carbonyl (C=O) groups excluding carboxylic acids is 1. The summed E-state index contributed by atoms with van der Waals surface area (Å²) in [6.07, 6.45) is 5.07. The molecule has 0 saturated carbocycles. The molecule has 3 rings (SSSR count). The van der Waals surface area contributed by atoms with Crippen LogP contribution in [0, 0.1) is 0 Å². The summed E-state index contributed by atoms with van der Waals surface area (Å²) in [6, 6.07) is 13.9. The van der Waals surface area contributed by atoms with Crippen LogP contribution in [0.3, 0.4) is 0 Å². The maximum Gasteiger partial charge on any atom is 0.253 e. The van der Waals surface area contributed by atoms with Gasteiger partial charge < -0.3 is 10.1 Å². The second kappa shape index (κ2) is 8.74. The van der Waals surface area contributed by atoms with Crippen LogP contribution >= 0.6 is 0 Å². The van der Waals surface area contributed by atoms with E-state index < -0.39 is 6.10 Å². The lowest BCUT2D eigenvalue weighted by atomic mass is 10.0. The Balaban J connectivity index is 1.49. The van der Waals surface area contributed by atoms with Crippen LogP contribution < -0.4 is 5.32 Å². The second-order valence-electron chi connectivity index (χ2n) is 6.45. The number of rotatable bonds is 6. The average molecular weight is 339 g/mol. The van der Waals surface area contributed by atoms with Gasteiger partial charge in [0.2, 0.25) is 0 Å². The molecule has 1 aromatic heterocycles. The minimum atomic E-state index is -0.547. The maximum absolute atomic E-state index is 12.6. The number of carbonyl (C=O) groups is 1. The molecular formula is C20H25N3O2. The van der Waals surface area contributed by atoms with Gasteiger partial charge in [0.05, 0.1) is 0 Å². The Kier molecular flexibility index (Phi) is 6.14. The van der Waals surface area contributed by atoms with Crippen molar-refractivity contribution in [1.29, 1.82) is 0 Å². The Morgan fingerprint density at radius 3 is 2.64 bits per heavy atom. The Bertz CT molecular complexity index is 655. The van der Waals surface area contributed by atoms with Crippen molar-refractivity contribution in [1.82, 2.24) is 15.2 Å².